The minimum atomic E-state index is 1.27. The number of thioether (sulfide) groups is 1. The molecule has 0 bridgehead atoms. The first kappa shape index (κ1) is 13.6. The molecule has 0 saturated heterocycles. The van der Waals surface area contributed by atoms with E-state index in [9.17, 15) is 0 Å². The van der Waals surface area contributed by atoms with Gasteiger partial charge in [0.1, 0.15) is 0 Å². The summed E-state index contributed by atoms with van der Waals surface area (Å²) in [5.41, 5.74) is 1.42. The maximum absolute atomic E-state index is 2.27. The van der Waals surface area contributed by atoms with Gasteiger partial charge in [-0.25, -0.2) is 0 Å². The monoisotopic (exact) mass is 236 g/mol. The summed E-state index contributed by atoms with van der Waals surface area (Å²) in [6.07, 6.45) is 8.36. The van der Waals surface area contributed by atoms with Gasteiger partial charge in [0.05, 0.1) is 0 Å². The highest BCUT2D eigenvalue weighted by molar-refractivity contribution is 7.99. The van der Waals surface area contributed by atoms with Crippen LogP contribution in [0.15, 0.2) is 29.2 Å². The lowest BCUT2D eigenvalue weighted by molar-refractivity contribution is 0.627. The Balaban J connectivity index is 2.05. The van der Waals surface area contributed by atoms with Gasteiger partial charge < -0.3 is 0 Å². The van der Waals surface area contributed by atoms with Crippen molar-refractivity contribution in [2.24, 2.45) is 0 Å². The molecule has 0 radical (unpaired) electrons. The van der Waals surface area contributed by atoms with E-state index in [4.69, 9.17) is 0 Å². The highest BCUT2D eigenvalue weighted by Crippen LogP contribution is 2.23. The number of aryl methyl sites for hydroxylation is 1. The summed E-state index contributed by atoms with van der Waals surface area (Å²) in [4.78, 5) is 1.45. The molecule has 0 spiro atoms. The van der Waals surface area contributed by atoms with Gasteiger partial charge in [0.2, 0.25) is 0 Å². The van der Waals surface area contributed by atoms with Crippen molar-refractivity contribution in [3.63, 3.8) is 0 Å². The molecule has 0 aliphatic carbocycles. The van der Waals surface area contributed by atoms with Crippen LogP contribution >= 0.6 is 11.8 Å². The fraction of sp³-hybridized carbons (Fsp3) is 0.600. The van der Waals surface area contributed by atoms with Crippen LogP contribution in [0.2, 0.25) is 0 Å². The van der Waals surface area contributed by atoms with Crippen LogP contribution < -0.4 is 0 Å². The van der Waals surface area contributed by atoms with Gasteiger partial charge in [-0.3, -0.25) is 0 Å². The Morgan fingerprint density at radius 2 is 1.62 bits per heavy atom. The zero-order valence-electron chi connectivity index (χ0n) is 10.7. The normalized spacial score (nSPS) is 10.6. The predicted octanol–water partition coefficient (Wildman–Crippen LogP) is 5.45. The summed E-state index contributed by atoms with van der Waals surface area (Å²) in [6, 6.07) is 8.68. The number of benzene rings is 1. The Labute approximate surface area is 105 Å². The molecular weight excluding hydrogens is 212 g/mol. The fourth-order valence-corrected chi connectivity index (χ4v) is 2.82. The first-order valence-electron chi connectivity index (χ1n) is 6.53. The Hall–Kier alpha value is -0.430. The second-order valence-corrected chi connectivity index (χ2v) is 5.52. The SMILES string of the molecule is CCCCCCCCSc1ccccc1C. The summed E-state index contributed by atoms with van der Waals surface area (Å²) < 4.78 is 0. The third-order valence-electron chi connectivity index (χ3n) is 2.85. The molecule has 0 heterocycles. The number of hydrogen-bond donors (Lipinski definition) is 0. The smallest absolute Gasteiger partial charge is 0.0101 e. The van der Waals surface area contributed by atoms with Crippen LogP contribution in [0.3, 0.4) is 0 Å². The molecule has 0 aliphatic heterocycles. The molecule has 0 fully saturated rings. The van der Waals surface area contributed by atoms with Crippen molar-refractivity contribution in [3.05, 3.63) is 29.8 Å². The predicted molar refractivity (Wildman–Crippen MR) is 75.3 cm³/mol. The molecule has 0 nitrogen and oxygen atoms in total. The average Bonchev–Trinajstić information content (AvgIpc) is 2.30. The second kappa shape index (κ2) is 8.69. The molecule has 1 aromatic rings. The summed E-state index contributed by atoms with van der Waals surface area (Å²) in [6.45, 7) is 4.47. The molecule has 1 heteroatoms. The second-order valence-electron chi connectivity index (χ2n) is 4.38. The van der Waals surface area contributed by atoms with E-state index >= 15 is 0 Å². The van der Waals surface area contributed by atoms with E-state index in [0.717, 1.165) is 0 Å². The Bertz CT molecular complexity index is 281. The van der Waals surface area contributed by atoms with Crippen LogP contribution in [0.1, 0.15) is 51.0 Å². The molecule has 1 aromatic carbocycles. The molecule has 0 saturated carbocycles. The summed E-state index contributed by atoms with van der Waals surface area (Å²) in [5.74, 6) is 1.27. The van der Waals surface area contributed by atoms with E-state index in [2.05, 4.69) is 38.1 Å². The average molecular weight is 236 g/mol. The lowest BCUT2D eigenvalue weighted by Crippen LogP contribution is -1.84. The quantitative estimate of drug-likeness (QED) is 0.427. The van der Waals surface area contributed by atoms with Crippen molar-refractivity contribution in [3.8, 4) is 0 Å². The van der Waals surface area contributed by atoms with Gasteiger partial charge in [0.15, 0.2) is 0 Å². The highest BCUT2D eigenvalue weighted by Gasteiger charge is 1.97. The minimum Gasteiger partial charge on any atom is -0.126 e. The molecule has 0 amide bonds. The van der Waals surface area contributed by atoms with E-state index in [1.54, 1.807) is 0 Å². The first-order valence-corrected chi connectivity index (χ1v) is 7.51. The van der Waals surface area contributed by atoms with Gasteiger partial charge in [0, 0.05) is 4.90 Å². The van der Waals surface area contributed by atoms with E-state index in [-0.39, 0.29) is 0 Å². The van der Waals surface area contributed by atoms with E-state index in [1.807, 2.05) is 11.8 Å². The largest absolute Gasteiger partial charge is 0.126 e. The van der Waals surface area contributed by atoms with Crippen LogP contribution in [0, 0.1) is 6.92 Å². The molecule has 0 unspecified atom stereocenters. The maximum Gasteiger partial charge on any atom is 0.0101 e. The van der Waals surface area contributed by atoms with E-state index in [1.165, 1.54) is 54.7 Å². The van der Waals surface area contributed by atoms with Crippen molar-refractivity contribution in [1.29, 1.82) is 0 Å². The molecule has 0 N–H and O–H groups in total. The number of unbranched alkanes of at least 4 members (excludes halogenated alkanes) is 5. The van der Waals surface area contributed by atoms with Crippen molar-refractivity contribution in [2.45, 2.75) is 57.3 Å². The lowest BCUT2D eigenvalue weighted by Gasteiger charge is -2.04. The highest BCUT2D eigenvalue weighted by atomic mass is 32.2. The number of hydrogen-bond acceptors (Lipinski definition) is 1. The van der Waals surface area contributed by atoms with Crippen LogP contribution in [-0.2, 0) is 0 Å². The van der Waals surface area contributed by atoms with Crippen LogP contribution in [0.5, 0.6) is 0 Å². The third kappa shape index (κ3) is 5.60. The maximum atomic E-state index is 2.27. The van der Waals surface area contributed by atoms with E-state index in [0.29, 0.717) is 0 Å². The Morgan fingerprint density at radius 3 is 2.38 bits per heavy atom. The third-order valence-corrected chi connectivity index (χ3v) is 4.11. The standard InChI is InChI=1S/C15H24S/c1-3-4-5-6-7-10-13-16-15-12-9-8-11-14(15)2/h8-9,11-12H,3-7,10,13H2,1-2H3. The van der Waals surface area contributed by atoms with Crippen molar-refractivity contribution >= 4 is 11.8 Å². The van der Waals surface area contributed by atoms with Crippen LogP contribution in [0.25, 0.3) is 0 Å². The van der Waals surface area contributed by atoms with Gasteiger partial charge >= 0.3 is 0 Å². The molecule has 0 aliphatic rings. The Morgan fingerprint density at radius 1 is 0.938 bits per heavy atom. The van der Waals surface area contributed by atoms with Gasteiger partial charge in [0.25, 0.3) is 0 Å². The molecule has 1 rings (SSSR count). The minimum absolute atomic E-state index is 1.27. The van der Waals surface area contributed by atoms with Gasteiger partial charge in [-0.15, -0.1) is 11.8 Å². The molecular formula is C15H24S. The van der Waals surface area contributed by atoms with Gasteiger partial charge in [-0.2, -0.15) is 0 Å². The lowest BCUT2D eigenvalue weighted by atomic mass is 10.1. The zero-order chi connectivity index (χ0) is 11.6. The van der Waals surface area contributed by atoms with E-state index < -0.39 is 0 Å². The molecule has 90 valence electrons. The topological polar surface area (TPSA) is 0 Å². The van der Waals surface area contributed by atoms with Gasteiger partial charge in [-0.1, -0.05) is 57.2 Å². The molecule has 0 aromatic heterocycles. The number of rotatable bonds is 8. The van der Waals surface area contributed by atoms with Gasteiger partial charge in [-0.05, 0) is 30.7 Å². The molecule has 0 atom stereocenters. The zero-order valence-corrected chi connectivity index (χ0v) is 11.5. The van der Waals surface area contributed by atoms with Crippen molar-refractivity contribution in [2.75, 3.05) is 5.75 Å². The molecule has 16 heavy (non-hydrogen) atoms. The first-order chi connectivity index (χ1) is 7.84. The summed E-state index contributed by atoms with van der Waals surface area (Å²) in [5, 5.41) is 0. The van der Waals surface area contributed by atoms with Crippen molar-refractivity contribution < 1.29 is 0 Å². The van der Waals surface area contributed by atoms with Crippen LogP contribution in [-0.4, -0.2) is 5.75 Å². The van der Waals surface area contributed by atoms with Crippen molar-refractivity contribution in [1.82, 2.24) is 0 Å². The summed E-state index contributed by atoms with van der Waals surface area (Å²) in [7, 11) is 0. The fourth-order valence-electron chi connectivity index (χ4n) is 1.78. The Kier molecular flexibility index (Phi) is 7.41. The summed E-state index contributed by atoms with van der Waals surface area (Å²) >= 11 is 2.01. The van der Waals surface area contributed by atoms with Crippen LogP contribution in [0.4, 0.5) is 0 Å².